The Morgan fingerprint density at radius 2 is 2.00 bits per heavy atom. The van der Waals surface area contributed by atoms with Crippen molar-refractivity contribution in [3.8, 4) is 16.3 Å². The highest BCUT2D eigenvalue weighted by Gasteiger charge is 2.52. The van der Waals surface area contributed by atoms with Gasteiger partial charge in [0, 0.05) is 18.3 Å². The number of para-hydroxylation sites is 1. The summed E-state index contributed by atoms with van der Waals surface area (Å²) in [5, 5.41) is 11.8. The molecular formula is C27H30N3O3S+. The number of aromatic hydroxyl groups is 1. The van der Waals surface area contributed by atoms with Crippen LogP contribution in [0.15, 0.2) is 45.6 Å². The third kappa shape index (κ3) is 3.41. The quantitative estimate of drug-likeness (QED) is 0.409. The van der Waals surface area contributed by atoms with Gasteiger partial charge in [-0.05, 0) is 36.1 Å². The minimum absolute atomic E-state index is 0.0478. The number of fused-ring (bicyclic) bond motifs is 4. The Morgan fingerprint density at radius 3 is 2.79 bits per heavy atom. The molecule has 7 heteroatoms. The average Bonchev–Trinajstić information content (AvgIpc) is 3.27. The van der Waals surface area contributed by atoms with Crippen molar-refractivity contribution in [3.63, 3.8) is 0 Å². The van der Waals surface area contributed by atoms with Gasteiger partial charge < -0.3 is 20.2 Å². The third-order valence-corrected chi connectivity index (χ3v) is 8.81. The molecule has 176 valence electrons. The van der Waals surface area contributed by atoms with Crippen LogP contribution in [0.25, 0.3) is 31.8 Å². The summed E-state index contributed by atoms with van der Waals surface area (Å²) in [6, 6.07) is 11.5. The van der Waals surface area contributed by atoms with Gasteiger partial charge in [-0.3, -0.25) is 4.79 Å². The first-order valence-corrected chi connectivity index (χ1v) is 12.7. The lowest BCUT2D eigenvalue weighted by atomic mass is 9.65. The summed E-state index contributed by atoms with van der Waals surface area (Å²) >= 11 is 1.43. The molecule has 2 aromatic carbocycles. The number of thiazole rings is 1. The zero-order valence-corrected chi connectivity index (χ0v) is 20.6. The molecule has 3 atom stereocenters. The normalized spacial score (nSPS) is 25.9. The molecular weight excluding hydrogens is 446 g/mol. The van der Waals surface area contributed by atoms with Crippen LogP contribution in [0.2, 0.25) is 0 Å². The van der Waals surface area contributed by atoms with E-state index in [2.05, 4.69) is 25.8 Å². The Kier molecular flexibility index (Phi) is 4.64. The van der Waals surface area contributed by atoms with Crippen LogP contribution < -0.4 is 16.1 Å². The summed E-state index contributed by atoms with van der Waals surface area (Å²) < 4.78 is 7.08. The molecule has 2 aromatic heterocycles. The largest absolute Gasteiger partial charge is 0.507 e. The van der Waals surface area contributed by atoms with E-state index in [1.165, 1.54) is 29.1 Å². The number of quaternary nitrogens is 1. The molecule has 2 aliphatic rings. The van der Waals surface area contributed by atoms with Crippen molar-refractivity contribution >= 4 is 38.4 Å². The molecule has 6 rings (SSSR count). The highest BCUT2D eigenvalue weighted by atomic mass is 32.1. The standard InChI is InChI=1S/C27H29N3O3S/c1-26(2)10-15-11-27(3,13-26)14-30(15)12-17-19(31)9-8-16-22(32)21(24(28)33-23(16)17)25-29-18-6-4-5-7-20(18)34-25/h4-9,15,31H,10-14,28H2,1-3H3/p+1/t15-,27-/m0/s1. The molecule has 1 saturated heterocycles. The predicted molar refractivity (Wildman–Crippen MR) is 136 cm³/mol. The summed E-state index contributed by atoms with van der Waals surface area (Å²) in [7, 11) is 0. The molecule has 4 aromatic rings. The van der Waals surface area contributed by atoms with Crippen LogP contribution in [0.1, 0.15) is 45.6 Å². The van der Waals surface area contributed by atoms with Gasteiger partial charge in [-0.15, -0.1) is 11.3 Å². The van der Waals surface area contributed by atoms with Crippen molar-refractivity contribution < 1.29 is 14.4 Å². The number of nitrogens with two attached hydrogens (primary N) is 1. The maximum atomic E-state index is 13.6. The topological polar surface area (TPSA) is 93.8 Å². The van der Waals surface area contributed by atoms with Crippen LogP contribution in [0.4, 0.5) is 5.88 Å². The Bertz CT molecular complexity index is 1470. The molecule has 6 nitrogen and oxygen atoms in total. The first kappa shape index (κ1) is 21.6. The van der Waals surface area contributed by atoms with Crippen molar-refractivity contribution in [3.05, 3.63) is 52.2 Å². The molecule has 1 aliphatic heterocycles. The fraction of sp³-hybridized carbons (Fsp3) is 0.407. The predicted octanol–water partition coefficient (Wildman–Crippen LogP) is 4.34. The van der Waals surface area contributed by atoms with Gasteiger partial charge in [0.1, 0.15) is 22.9 Å². The zero-order chi connectivity index (χ0) is 23.8. The van der Waals surface area contributed by atoms with Gasteiger partial charge >= 0.3 is 0 Å². The van der Waals surface area contributed by atoms with E-state index in [4.69, 9.17) is 10.2 Å². The second kappa shape index (κ2) is 7.30. The van der Waals surface area contributed by atoms with Crippen LogP contribution in [0.3, 0.4) is 0 Å². The number of nitrogens with zero attached hydrogens (tertiary/aromatic N) is 1. The average molecular weight is 477 g/mol. The third-order valence-electron chi connectivity index (χ3n) is 7.75. The van der Waals surface area contributed by atoms with E-state index >= 15 is 0 Å². The van der Waals surface area contributed by atoms with Crippen molar-refractivity contribution in [2.45, 2.75) is 52.6 Å². The van der Waals surface area contributed by atoms with Crippen molar-refractivity contribution in [1.29, 1.82) is 0 Å². The summed E-state index contributed by atoms with van der Waals surface area (Å²) in [5.41, 5.74) is 8.93. The molecule has 1 aliphatic carbocycles. The lowest BCUT2D eigenvalue weighted by Crippen LogP contribution is -3.12. The van der Waals surface area contributed by atoms with E-state index < -0.39 is 0 Å². The van der Waals surface area contributed by atoms with Crippen LogP contribution >= 0.6 is 11.3 Å². The number of anilines is 1. The summed E-state index contributed by atoms with van der Waals surface area (Å²) in [4.78, 5) is 19.7. The van der Waals surface area contributed by atoms with Crippen LogP contribution in [-0.2, 0) is 6.54 Å². The van der Waals surface area contributed by atoms with Gasteiger partial charge in [0.05, 0.1) is 33.8 Å². The maximum absolute atomic E-state index is 13.6. The van der Waals surface area contributed by atoms with Crippen molar-refractivity contribution in [2.24, 2.45) is 10.8 Å². The molecule has 1 saturated carbocycles. The van der Waals surface area contributed by atoms with Crippen LogP contribution in [0.5, 0.6) is 5.75 Å². The van der Waals surface area contributed by atoms with Gasteiger partial charge in [0.2, 0.25) is 11.3 Å². The minimum atomic E-state index is -0.206. The molecule has 0 spiro atoms. The van der Waals surface area contributed by atoms with E-state index in [1.807, 2.05) is 24.3 Å². The molecule has 1 unspecified atom stereocenters. The number of hydrogen-bond donors (Lipinski definition) is 3. The highest BCUT2D eigenvalue weighted by molar-refractivity contribution is 7.21. The monoisotopic (exact) mass is 476 g/mol. The number of nitrogens with one attached hydrogen (secondary N) is 1. The Morgan fingerprint density at radius 1 is 1.21 bits per heavy atom. The summed E-state index contributed by atoms with van der Waals surface area (Å²) in [6.07, 6.45) is 3.58. The van der Waals surface area contributed by atoms with E-state index in [9.17, 15) is 9.90 Å². The number of benzene rings is 2. The molecule has 2 fully saturated rings. The number of phenolic OH excluding ortho intramolecular Hbond substituents is 1. The highest BCUT2D eigenvalue weighted by Crippen LogP contribution is 2.47. The van der Waals surface area contributed by atoms with Crippen molar-refractivity contribution in [2.75, 3.05) is 12.3 Å². The lowest BCUT2D eigenvalue weighted by molar-refractivity contribution is -0.928. The number of phenols is 1. The zero-order valence-electron chi connectivity index (χ0n) is 19.8. The van der Waals surface area contributed by atoms with E-state index in [0.717, 1.165) is 23.2 Å². The van der Waals surface area contributed by atoms with Crippen molar-refractivity contribution in [1.82, 2.24) is 4.98 Å². The van der Waals surface area contributed by atoms with Gasteiger partial charge in [0.15, 0.2) is 5.58 Å². The first-order valence-electron chi connectivity index (χ1n) is 11.9. The van der Waals surface area contributed by atoms with Crippen LogP contribution in [-0.4, -0.2) is 22.7 Å². The molecule has 0 amide bonds. The Hall–Kier alpha value is -2.90. The minimum Gasteiger partial charge on any atom is -0.507 e. The second-order valence-corrected chi connectivity index (χ2v) is 12.4. The molecule has 3 heterocycles. The Labute approximate surface area is 202 Å². The number of likely N-dealkylation sites (tertiary alicyclic amines) is 1. The van der Waals surface area contributed by atoms with Gasteiger partial charge in [-0.25, -0.2) is 4.98 Å². The van der Waals surface area contributed by atoms with Gasteiger partial charge in [-0.2, -0.15) is 0 Å². The summed E-state index contributed by atoms with van der Waals surface area (Å²) in [6.45, 7) is 8.78. The molecule has 4 N–H and O–H groups in total. The second-order valence-electron chi connectivity index (χ2n) is 11.4. The Balaban J connectivity index is 1.44. The van der Waals surface area contributed by atoms with E-state index in [-0.39, 0.29) is 17.1 Å². The SMILES string of the molecule is CC1(C)C[C@H]2C[C@](C)(C[NH+]2Cc2c(O)ccc3c(=O)c(-c4nc5ccccc5s4)c(N)oc23)C1. The van der Waals surface area contributed by atoms with E-state index in [1.54, 1.807) is 12.1 Å². The van der Waals surface area contributed by atoms with Crippen LogP contribution in [0, 0.1) is 10.8 Å². The number of nitrogen functional groups attached to an aromatic ring is 1. The maximum Gasteiger partial charge on any atom is 0.205 e. The summed E-state index contributed by atoms with van der Waals surface area (Å²) in [5.74, 6) is 0.202. The fourth-order valence-corrected chi connectivity index (χ4v) is 7.87. The fourth-order valence-electron chi connectivity index (χ4n) is 6.86. The van der Waals surface area contributed by atoms with Gasteiger partial charge in [-0.1, -0.05) is 32.9 Å². The number of hydrogen-bond acceptors (Lipinski definition) is 6. The number of aromatic nitrogens is 1. The first-order chi connectivity index (χ1) is 16.1. The molecule has 34 heavy (non-hydrogen) atoms. The van der Waals surface area contributed by atoms with E-state index in [0.29, 0.717) is 50.5 Å². The smallest absolute Gasteiger partial charge is 0.205 e. The van der Waals surface area contributed by atoms with Gasteiger partial charge in [0.25, 0.3) is 0 Å². The lowest BCUT2D eigenvalue weighted by Gasteiger charge is -2.37. The number of rotatable bonds is 3. The molecule has 2 bridgehead atoms. The molecule has 0 radical (unpaired) electrons.